The van der Waals surface area contributed by atoms with E-state index in [2.05, 4.69) is 15.3 Å². The first-order chi connectivity index (χ1) is 7.63. The Morgan fingerprint density at radius 2 is 2.12 bits per heavy atom. The molecule has 0 spiro atoms. The molecule has 2 rings (SSSR count). The maximum Gasteiger partial charge on any atom is 0.226 e. The minimum absolute atomic E-state index is 0.144. The first-order valence-electron chi connectivity index (χ1n) is 5.92. The molecule has 0 unspecified atom stereocenters. The molecule has 0 saturated heterocycles. The Balaban J connectivity index is 2.08. The van der Waals surface area contributed by atoms with E-state index in [4.69, 9.17) is 4.74 Å². The van der Waals surface area contributed by atoms with Crippen molar-refractivity contribution in [3.05, 3.63) is 11.8 Å². The standard InChI is InChI=1S/C12H19N3O/c1-8(2)16-11-7-9(3)13-12(15-11)14-10-5-4-6-10/h7-8,10H,4-6H2,1-3H3,(H,13,14,15). The molecule has 0 aliphatic heterocycles. The molecule has 1 fully saturated rings. The lowest BCUT2D eigenvalue weighted by Crippen LogP contribution is -2.28. The second-order valence-electron chi connectivity index (χ2n) is 4.61. The summed E-state index contributed by atoms with van der Waals surface area (Å²) in [4.78, 5) is 8.71. The lowest BCUT2D eigenvalue weighted by molar-refractivity contribution is 0.232. The second-order valence-corrected chi connectivity index (χ2v) is 4.61. The first-order valence-corrected chi connectivity index (χ1v) is 5.92. The number of anilines is 1. The van der Waals surface area contributed by atoms with E-state index < -0.39 is 0 Å². The van der Waals surface area contributed by atoms with Gasteiger partial charge in [0.05, 0.1) is 6.10 Å². The van der Waals surface area contributed by atoms with Gasteiger partial charge in [0.1, 0.15) is 0 Å². The van der Waals surface area contributed by atoms with Crippen LogP contribution in [0.3, 0.4) is 0 Å². The number of hydrogen-bond acceptors (Lipinski definition) is 4. The van der Waals surface area contributed by atoms with Crippen LogP contribution in [0.4, 0.5) is 5.95 Å². The summed E-state index contributed by atoms with van der Waals surface area (Å²) < 4.78 is 5.58. The fourth-order valence-electron chi connectivity index (χ4n) is 1.64. The Morgan fingerprint density at radius 3 is 2.69 bits per heavy atom. The van der Waals surface area contributed by atoms with Crippen LogP contribution in [0.25, 0.3) is 0 Å². The zero-order valence-corrected chi connectivity index (χ0v) is 10.2. The van der Waals surface area contributed by atoms with E-state index >= 15 is 0 Å². The molecular formula is C12H19N3O. The molecule has 88 valence electrons. The molecule has 4 nitrogen and oxygen atoms in total. The summed E-state index contributed by atoms with van der Waals surface area (Å²) in [6.07, 6.45) is 3.89. The summed E-state index contributed by atoms with van der Waals surface area (Å²) in [5, 5.41) is 3.33. The van der Waals surface area contributed by atoms with Crippen molar-refractivity contribution in [1.82, 2.24) is 9.97 Å². The Labute approximate surface area is 96.4 Å². The van der Waals surface area contributed by atoms with Crippen molar-refractivity contribution in [2.45, 2.75) is 52.2 Å². The molecule has 1 aromatic heterocycles. The molecule has 1 aliphatic rings. The first kappa shape index (κ1) is 11.2. The van der Waals surface area contributed by atoms with Gasteiger partial charge < -0.3 is 10.1 Å². The van der Waals surface area contributed by atoms with Crippen molar-refractivity contribution in [2.24, 2.45) is 0 Å². The average molecular weight is 221 g/mol. The zero-order chi connectivity index (χ0) is 11.5. The quantitative estimate of drug-likeness (QED) is 0.848. The Morgan fingerprint density at radius 1 is 1.38 bits per heavy atom. The van der Waals surface area contributed by atoms with E-state index in [0.717, 1.165) is 5.69 Å². The molecule has 0 radical (unpaired) electrons. The van der Waals surface area contributed by atoms with Gasteiger partial charge in [-0.3, -0.25) is 0 Å². The number of nitrogens with zero attached hydrogens (tertiary/aromatic N) is 2. The van der Waals surface area contributed by atoms with Gasteiger partial charge in [0.15, 0.2) is 0 Å². The molecule has 0 bridgehead atoms. The smallest absolute Gasteiger partial charge is 0.226 e. The van der Waals surface area contributed by atoms with Crippen molar-refractivity contribution in [2.75, 3.05) is 5.32 Å². The summed E-state index contributed by atoms with van der Waals surface area (Å²) in [5.74, 6) is 1.35. The van der Waals surface area contributed by atoms with Crippen LogP contribution in [0.1, 0.15) is 38.8 Å². The molecule has 1 saturated carbocycles. The minimum atomic E-state index is 0.144. The van der Waals surface area contributed by atoms with E-state index in [1.54, 1.807) is 0 Å². The molecular weight excluding hydrogens is 202 g/mol. The van der Waals surface area contributed by atoms with Gasteiger partial charge in [0.2, 0.25) is 11.8 Å². The Hall–Kier alpha value is -1.32. The van der Waals surface area contributed by atoms with Crippen LogP contribution < -0.4 is 10.1 Å². The van der Waals surface area contributed by atoms with Crippen LogP contribution in [0.15, 0.2) is 6.07 Å². The summed E-state index contributed by atoms with van der Waals surface area (Å²) in [6, 6.07) is 2.42. The summed E-state index contributed by atoms with van der Waals surface area (Å²) in [5.41, 5.74) is 0.937. The van der Waals surface area contributed by atoms with Gasteiger partial charge >= 0.3 is 0 Å². The lowest BCUT2D eigenvalue weighted by atomic mass is 9.93. The van der Waals surface area contributed by atoms with Crippen molar-refractivity contribution < 1.29 is 4.74 Å². The normalized spacial score (nSPS) is 16.0. The van der Waals surface area contributed by atoms with E-state index in [1.165, 1.54) is 19.3 Å². The zero-order valence-electron chi connectivity index (χ0n) is 10.2. The van der Waals surface area contributed by atoms with Gasteiger partial charge in [0, 0.05) is 17.8 Å². The third-order valence-corrected chi connectivity index (χ3v) is 2.63. The topological polar surface area (TPSA) is 47.0 Å². The maximum absolute atomic E-state index is 5.58. The molecule has 0 aromatic carbocycles. The van der Waals surface area contributed by atoms with Crippen LogP contribution in [-0.4, -0.2) is 22.1 Å². The summed E-state index contributed by atoms with van der Waals surface area (Å²) >= 11 is 0. The molecule has 1 aromatic rings. The van der Waals surface area contributed by atoms with Crippen LogP contribution >= 0.6 is 0 Å². The summed E-state index contributed by atoms with van der Waals surface area (Å²) in [6.45, 7) is 5.95. The summed E-state index contributed by atoms with van der Waals surface area (Å²) in [7, 11) is 0. The maximum atomic E-state index is 5.58. The Bertz CT molecular complexity index is 361. The van der Waals surface area contributed by atoms with Gasteiger partial charge in [-0.05, 0) is 40.0 Å². The number of aromatic nitrogens is 2. The monoisotopic (exact) mass is 221 g/mol. The average Bonchev–Trinajstić information content (AvgIpc) is 2.09. The molecule has 0 amide bonds. The SMILES string of the molecule is Cc1cc(OC(C)C)nc(NC2CCC2)n1. The van der Waals surface area contributed by atoms with Crippen molar-refractivity contribution in [1.29, 1.82) is 0 Å². The van der Waals surface area contributed by atoms with E-state index in [1.807, 2.05) is 26.8 Å². The molecule has 4 heteroatoms. The fraction of sp³-hybridized carbons (Fsp3) is 0.667. The van der Waals surface area contributed by atoms with Crippen LogP contribution in [0.5, 0.6) is 5.88 Å². The highest BCUT2D eigenvalue weighted by molar-refractivity contribution is 5.32. The van der Waals surface area contributed by atoms with Crippen LogP contribution in [-0.2, 0) is 0 Å². The number of nitrogens with one attached hydrogen (secondary N) is 1. The van der Waals surface area contributed by atoms with Gasteiger partial charge in [-0.15, -0.1) is 0 Å². The largest absolute Gasteiger partial charge is 0.475 e. The van der Waals surface area contributed by atoms with Gasteiger partial charge in [-0.25, -0.2) is 4.98 Å². The minimum Gasteiger partial charge on any atom is -0.475 e. The third-order valence-electron chi connectivity index (χ3n) is 2.63. The molecule has 16 heavy (non-hydrogen) atoms. The van der Waals surface area contributed by atoms with Gasteiger partial charge in [-0.1, -0.05) is 0 Å². The van der Waals surface area contributed by atoms with E-state index in [9.17, 15) is 0 Å². The number of aryl methyl sites for hydroxylation is 1. The van der Waals surface area contributed by atoms with Crippen molar-refractivity contribution >= 4 is 5.95 Å². The molecule has 0 atom stereocenters. The highest BCUT2D eigenvalue weighted by atomic mass is 16.5. The third kappa shape index (κ3) is 2.84. The predicted molar refractivity (Wildman–Crippen MR) is 63.8 cm³/mol. The number of rotatable bonds is 4. The lowest BCUT2D eigenvalue weighted by Gasteiger charge is -2.26. The van der Waals surface area contributed by atoms with Crippen molar-refractivity contribution in [3.8, 4) is 5.88 Å². The highest BCUT2D eigenvalue weighted by Gasteiger charge is 2.18. The predicted octanol–water partition coefficient (Wildman–Crippen LogP) is 2.54. The molecule has 1 heterocycles. The molecule has 1 N–H and O–H groups in total. The van der Waals surface area contributed by atoms with Crippen molar-refractivity contribution in [3.63, 3.8) is 0 Å². The number of hydrogen-bond donors (Lipinski definition) is 1. The highest BCUT2D eigenvalue weighted by Crippen LogP contribution is 2.22. The van der Waals surface area contributed by atoms with Gasteiger partial charge in [-0.2, -0.15) is 4.98 Å². The second kappa shape index (κ2) is 4.68. The van der Waals surface area contributed by atoms with Gasteiger partial charge in [0.25, 0.3) is 0 Å². The van der Waals surface area contributed by atoms with Crippen LogP contribution in [0, 0.1) is 6.92 Å². The van der Waals surface area contributed by atoms with E-state index in [-0.39, 0.29) is 6.10 Å². The fourth-order valence-corrected chi connectivity index (χ4v) is 1.64. The Kier molecular flexibility index (Phi) is 3.27. The van der Waals surface area contributed by atoms with E-state index in [0.29, 0.717) is 17.9 Å². The molecule has 1 aliphatic carbocycles. The number of ether oxygens (including phenoxy) is 1. The van der Waals surface area contributed by atoms with Crippen LogP contribution in [0.2, 0.25) is 0 Å².